The normalized spacial score (nSPS) is 14.2. The first-order valence-electron chi connectivity index (χ1n) is 23.1. The van der Waals surface area contributed by atoms with Gasteiger partial charge in [0.2, 0.25) is 0 Å². The van der Waals surface area contributed by atoms with Gasteiger partial charge in [-0.3, -0.25) is 0 Å². The van der Waals surface area contributed by atoms with Gasteiger partial charge in [0.15, 0.2) is 0 Å². The number of furan rings is 1. The molecule has 11 aromatic rings. The van der Waals surface area contributed by atoms with E-state index in [0.717, 1.165) is 50.1 Å². The van der Waals surface area contributed by atoms with Gasteiger partial charge in [0.25, 0.3) is 0 Å². The minimum atomic E-state index is -0.420. The fraction of sp³-hybridized carbons (Fsp3) is 0.0625. The quantitative estimate of drug-likeness (QED) is 0.172. The Morgan fingerprint density at radius 1 is 0.348 bits per heavy atom. The van der Waals surface area contributed by atoms with Crippen LogP contribution in [0.4, 0.5) is 17.1 Å². The number of hydrogen-bond acceptors (Lipinski definition) is 2. The molecule has 0 radical (unpaired) electrons. The van der Waals surface area contributed by atoms with Crippen LogP contribution in [0.3, 0.4) is 0 Å². The van der Waals surface area contributed by atoms with E-state index in [1.54, 1.807) is 0 Å². The molecule has 0 fully saturated rings. The van der Waals surface area contributed by atoms with Crippen molar-refractivity contribution in [1.29, 1.82) is 0 Å². The summed E-state index contributed by atoms with van der Waals surface area (Å²) in [4.78, 5) is 2.49. The molecule has 0 aliphatic heterocycles. The minimum Gasteiger partial charge on any atom is -0.455 e. The lowest BCUT2D eigenvalue weighted by atomic mass is 9.70. The molecule has 2 heteroatoms. The van der Waals surface area contributed by atoms with Gasteiger partial charge in [0, 0.05) is 38.7 Å². The number of benzene rings is 10. The molecule has 1 heterocycles. The van der Waals surface area contributed by atoms with Crippen molar-refractivity contribution in [1.82, 2.24) is 0 Å². The molecular weight excluding hydrogens is 799 g/mol. The molecule has 3 aliphatic rings. The standard InChI is InChI=1S/C64H43NO/c1-63(2)53-29-9-6-25-51(53)61-49(27-17-33-58(61)63)47-23-7-13-34-59(47)65(41-19-15-18-40(38-41)43-26-16-28-50-48-24-8-14-35-60(48)66-62(43)50)42-36-37-57-52(39-42)46-22-5-12-32-56(46)64(57)54-30-10-3-20-44(54)45-21-4-11-31-55(45)64/h3-39H,1-2H3. The van der Waals surface area contributed by atoms with Crippen LogP contribution in [0.15, 0.2) is 229 Å². The van der Waals surface area contributed by atoms with Crippen molar-refractivity contribution < 1.29 is 4.42 Å². The summed E-state index contributed by atoms with van der Waals surface area (Å²) in [7, 11) is 0. The van der Waals surface area contributed by atoms with Crippen molar-refractivity contribution in [3.05, 3.63) is 258 Å². The first-order valence-corrected chi connectivity index (χ1v) is 23.1. The Labute approximate surface area is 384 Å². The molecule has 0 N–H and O–H groups in total. The fourth-order valence-electron chi connectivity index (χ4n) is 12.3. The highest BCUT2D eigenvalue weighted by Crippen LogP contribution is 2.63. The van der Waals surface area contributed by atoms with Crippen LogP contribution in [-0.4, -0.2) is 0 Å². The topological polar surface area (TPSA) is 16.4 Å². The molecule has 1 aromatic heterocycles. The molecule has 310 valence electrons. The SMILES string of the molecule is CC1(C)c2ccccc2-c2c(-c3ccccc3N(c3cccc(-c4cccc5c4oc4ccccc45)c3)c3ccc4c(c3)-c3ccccc3C43c4ccccc4-c4ccccc43)cccc21. The summed E-state index contributed by atoms with van der Waals surface area (Å²) in [6.07, 6.45) is 0. The van der Waals surface area contributed by atoms with Gasteiger partial charge in [-0.15, -0.1) is 0 Å². The average Bonchev–Trinajstić information content (AvgIpc) is 4.07. The Kier molecular flexibility index (Phi) is 7.70. The zero-order chi connectivity index (χ0) is 43.7. The summed E-state index contributed by atoms with van der Waals surface area (Å²) in [5.41, 5.74) is 25.0. The largest absolute Gasteiger partial charge is 0.455 e. The van der Waals surface area contributed by atoms with Crippen LogP contribution in [0.25, 0.3) is 77.6 Å². The number of nitrogens with zero attached hydrogens (tertiary/aromatic N) is 1. The van der Waals surface area contributed by atoms with Gasteiger partial charge in [-0.1, -0.05) is 202 Å². The van der Waals surface area contributed by atoms with E-state index < -0.39 is 5.41 Å². The van der Waals surface area contributed by atoms with Gasteiger partial charge in [-0.05, 0) is 114 Å². The van der Waals surface area contributed by atoms with Gasteiger partial charge in [-0.25, -0.2) is 0 Å². The van der Waals surface area contributed by atoms with Crippen molar-refractivity contribution in [3.8, 4) is 55.6 Å². The molecule has 0 unspecified atom stereocenters. The van der Waals surface area contributed by atoms with Crippen LogP contribution < -0.4 is 4.90 Å². The van der Waals surface area contributed by atoms with Crippen molar-refractivity contribution in [2.75, 3.05) is 4.90 Å². The van der Waals surface area contributed by atoms with E-state index in [1.807, 2.05) is 6.07 Å². The summed E-state index contributed by atoms with van der Waals surface area (Å²) >= 11 is 0. The zero-order valence-corrected chi connectivity index (χ0v) is 36.7. The maximum Gasteiger partial charge on any atom is 0.143 e. The van der Waals surface area contributed by atoms with Gasteiger partial charge >= 0.3 is 0 Å². The molecule has 1 spiro atoms. The van der Waals surface area contributed by atoms with Gasteiger partial charge in [0.05, 0.1) is 11.1 Å². The summed E-state index contributed by atoms with van der Waals surface area (Å²) in [5, 5.41) is 2.25. The predicted molar refractivity (Wildman–Crippen MR) is 273 cm³/mol. The third-order valence-corrected chi connectivity index (χ3v) is 15.1. The van der Waals surface area contributed by atoms with Crippen LogP contribution in [0, 0.1) is 0 Å². The van der Waals surface area contributed by atoms with Crippen molar-refractivity contribution >= 4 is 39.0 Å². The van der Waals surface area contributed by atoms with Crippen LogP contribution in [0.5, 0.6) is 0 Å². The van der Waals surface area contributed by atoms with E-state index >= 15 is 0 Å². The number of fused-ring (bicyclic) bond motifs is 16. The second kappa shape index (κ2) is 13.7. The first-order chi connectivity index (χ1) is 32.5. The first kappa shape index (κ1) is 37.2. The third-order valence-electron chi connectivity index (χ3n) is 15.1. The molecule has 0 atom stereocenters. The molecule has 0 bridgehead atoms. The highest BCUT2D eigenvalue weighted by Gasteiger charge is 2.51. The average molecular weight is 842 g/mol. The highest BCUT2D eigenvalue weighted by molar-refractivity contribution is 6.10. The van der Waals surface area contributed by atoms with E-state index in [-0.39, 0.29) is 5.41 Å². The van der Waals surface area contributed by atoms with Crippen LogP contribution in [-0.2, 0) is 10.8 Å². The Hall–Kier alpha value is -8.20. The van der Waals surface area contributed by atoms with Crippen LogP contribution in [0.1, 0.15) is 47.2 Å². The summed E-state index contributed by atoms with van der Waals surface area (Å²) < 4.78 is 6.64. The number of para-hydroxylation sites is 3. The smallest absolute Gasteiger partial charge is 0.143 e. The Morgan fingerprint density at radius 3 is 1.62 bits per heavy atom. The van der Waals surface area contributed by atoms with Crippen molar-refractivity contribution in [2.45, 2.75) is 24.7 Å². The van der Waals surface area contributed by atoms with Gasteiger partial charge in [-0.2, -0.15) is 0 Å². The fourth-order valence-corrected chi connectivity index (χ4v) is 12.3. The second-order valence-corrected chi connectivity index (χ2v) is 18.7. The third kappa shape index (κ3) is 4.91. The van der Waals surface area contributed by atoms with Crippen LogP contribution >= 0.6 is 0 Å². The van der Waals surface area contributed by atoms with Gasteiger partial charge in [0.1, 0.15) is 11.2 Å². The lowest BCUT2D eigenvalue weighted by Crippen LogP contribution is -2.25. The zero-order valence-electron chi connectivity index (χ0n) is 36.7. The summed E-state index contributed by atoms with van der Waals surface area (Å²) in [6, 6.07) is 83.2. The van der Waals surface area contributed by atoms with E-state index in [0.29, 0.717) is 0 Å². The van der Waals surface area contributed by atoms with E-state index in [1.165, 1.54) is 77.9 Å². The van der Waals surface area contributed by atoms with Crippen molar-refractivity contribution in [3.63, 3.8) is 0 Å². The van der Waals surface area contributed by atoms with Gasteiger partial charge < -0.3 is 9.32 Å². The lowest BCUT2D eigenvalue weighted by molar-refractivity contribution is 0.660. The highest BCUT2D eigenvalue weighted by atomic mass is 16.3. The number of hydrogen-bond donors (Lipinski definition) is 0. The van der Waals surface area contributed by atoms with E-state index in [9.17, 15) is 0 Å². The molecule has 3 aliphatic carbocycles. The van der Waals surface area contributed by atoms with E-state index in [2.05, 4.69) is 237 Å². The molecule has 2 nitrogen and oxygen atoms in total. The number of anilines is 3. The Balaban J connectivity index is 1.02. The Bertz CT molecular complexity index is 3780. The van der Waals surface area contributed by atoms with Crippen LogP contribution in [0.2, 0.25) is 0 Å². The lowest BCUT2D eigenvalue weighted by Gasteiger charge is -2.32. The minimum absolute atomic E-state index is 0.122. The maximum absolute atomic E-state index is 6.64. The molecular formula is C64H43NO. The molecule has 0 saturated carbocycles. The second-order valence-electron chi connectivity index (χ2n) is 18.7. The number of rotatable bonds is 5. The molecule has 10 aromatic carbocycles. The Morgan fingerprint density at radius 2 is 0.864 bits per heavy atom. The summed E-state index contributed by atoms with van der Waals surface area (Å²) in [5.74, 6) is 0. The molecule has 0 amide bonds. The molecule has 0 saturated heterocycles. The molecule has 14 rings (SSSR count). The monoisotopic (exact) mass is 841 g/mol. The maximum atomic E-state index is 6.64. The predicted octanol–water partition coefficient (Wildman–Crippen LogP) is 17.0. The van der Waals surface area contributed by atoms with E-state index in [4.69, 9.17) is 4.42 Å². The van der Waals surface area contributed by atoms with Crippen molar-refractivity contribution in [2.24, 2.45) is 0 Å². The molecule has 66 heavy (non-hydrogen) atoms. The summed E-state index contributed by atoms with van der Waals surface area (Å²) in [6.45, 7) is 4.73.